The van der Waals surface area contributed by atoms with Crippen LogP contribution in [0.25, 0.3) is 0 Å². The lowest BCUT2D eigenvalue weighted by Gasteiger charge is -2.19. The van der Waals surface area contributed by atoms with Crippen molar-refractivity contribution in [1.29, 1.82) is 0 Å². The van der Waals surface area contributed by atoms with Crippen LogP contribution < -0.4 is 0 Å². The van der Waals surface area contributed by atoms with E-state index in [2.05, 4.69) is 18.9 Å². The standard InChI is InChI=1S/C10H22ClNOS/c1-4-14-7-5-6-12(2)8-10(11)9-13-3/h10H,4-9H2,1-3H3. The van der Waals surface area contributed by atoms with E-state index >= 15 is 0 Å². The first kappa shape index (κ1) is 14.6. The highest BCUT2D eigenvalue weighted by Gasteiger charge is 2.07. The van der Waals surface area contributed by atoms with E-state index in [9.17, 15) is 0 Å². The lowest BCUT2D eigenvalue weighted by Crippen LogP contribution is -2.29. The molecule has 14 heavy (non-hydrogen) atoms. The number of rotatable bonds is 9. The molecule has 0 spiro atoms. The summed E-state index contributed by atoms with van der Waals surface area (Å²) in [4.78, 5) is 2.27. The van der Waals surface area contributed by atoms with Crippen LogP contribution in [0.3, 0.4) is 0 Å². The Morgan fingerprint density at radius 1 is 1.50 bits per heavy atom. The maximum Gasteiger partial charge on any atom is 0.0696 e. The second kappa shape index (κ2) is 10.1. The minimum atomic E-state index is 0.115. The molecule has 4 heteroatoms. The number of hydrogen-bond donors (Lipinski definition) is 0. The van der Waals surface area contributed by atoms with Gasteiger partial charge in [0.1, 0.15) is 0 Å². The molecule has 0 aromatic heterocycles. The maximum atomic E-state index is 6.04. The van der Waals surface area contributed by atoms with Gasteiger partial charge in [-0.1, -0.05) is 6.92 Å². The topological polar surface area (TPSA) is 12.5 Å². The number of halogens is 1. The first-order valence-electron chi connectivity index (χ1n) is 5.10. The van der Waals surface area contributed by atoms with Gasteiger partial charge in [0, 0.05) is 13.7 Å². The second-order valence-electron chi connectivity index (χ2n) is 3.37. The van der Waals surface area contributed by atoms with Crippen LogP contribution in [0, 0.1) is 0 Å². The van der Waals surface area contributed by atoms with Gasteiger partial charge in [0.05, 0.1) is 12.0 Å². The van der Waals surface area contributed by atoms with E-state index in [4.69, 9.17) is 16.3 Å². The summed E-state index contributed by atoms with van der Waals surface area (Å²) >= 11 is 8.04. The average Bonchev–Trinajstić information content (AvgIpc) is 2.13. The van der Waals surface area contributed by atoms with Crippen molar-refractivity contribution < 1.29 is 4.74 Å². The Morgan fingerprint density at radius 2 is 2.21 bits per heavy atom. The quantitative estimate of drug-likeness (QED) is 0.453. The SMILES string of the molecule is CCSCCCN(C)CC(Cl)COC. The fourth-order valence-electron chi connectivity index (χ4n) is 1.24. The summed E-state index contributed by atoms with van der Waals surface area (Å²) in [6, 6.07) is 0. The van der Waals surface area contributed by atoms with Crippen molar-refractivity contribution in [2.45, 2.75) is 18.7 Å². The van der Waals surface area contributed by atoms with Crippen LogP contribution in [0.4, 0.5) is 0 Å². The van der Waals surface area contributed by atoms with Crippen molar-refractivity contribution in [3.8, 4) is 0 Å². The van der Waals surface area contributed by atoms with Gasteiger partial charge in [-0.2, -0.15) is 11.8 Å². The van der Waals surface area contributed by atoms with Crippen molar-refractivity contribution in [3.05, 3.63) is 0 Å². The minimum absolute atomic E-state index is 0.115. The molecule has 86 valence electrons. The largest absolute Gasteiger partial charge is 0.383 e. The summed E-state index contributed by atoms with van der Waals surface area (Å²) < 4.78 is 4.98. The smallest absolute Gasteiger partial charge is 0.0696 e. The third-order valence-corrected chi connectivity index (χ3v) is 3.14. The Labute approximate surface area is 97.3 Å². The van der Waals surface area contributed by atoms with Gasteiger partial charge < -0.3 is 9.64 Å². The van der Waals surface area contributed by atoms with Gasteiger partial charge in [-0.25, -0.2) is 0 Å². The predicted molar refractivity (Wildman–Crippen MR) is 66.6 cm³/mol. The maximum absolute atomic E-state index is 6.04. The zero-order valence-corrected chi connectivity index (χ0v) is 11.0. The number of nitrogens with zero attached hydrogens (tertiary/aromatic N) is 1. The van der Waals surface area contributed by atoms with Crippen molar-refractivity contribution in [1.82, 2.24) is 4.90 Å². The van der Waals surface area contributed by atoms with Crippen molar-refractivity contribution >= 4 is 23.4 Å². The van der Waals surface area contributed by atoms with Crippen LogP contribution in [-0.2, 0) is 4.74 Å². The lowest BCUT2D eigenvalue weighted by molar-refractivity contribution is 0.182. The molecule has 1 atom stereocenters. The molecule has 0 saturated carbocycles. The first-order valence-corrected chi connectivity index (χ1v) is 6.69. The van der Waals surface area contributed by atoms with Gasteiger partial charge >= 0.3 is 0 Å². The molecule has 0 aliphatic rings. The summed E-state index contributed by atoms with van der Waals surface area (Å²) in [7, 11) is 3.80. The zero-order chi connectivity index (χ0) is 10.8. The number of alkyl halides is 1. The lowest BCUT2D eigenvalue weighted by atomic mass is 10.3. The molecule has 0 fully saturated rings. The summed E-state index contributed by atoms with van der Waals surface area (Å²) in [5.74, 6) is 2.46. The molecule has 0 N–H and O–H groups in total. The Bertz CT molecular complexity index is 127. The minimum Gasteiger partial charge on any atom is -0.383 e. The van der Waals surface area contributed by atoms with Crippen LogP contribution in [0.2, 0.25) is 0 Å². The molecule has 0 heterocycles. The molecule has 0 aliphatic carbocycles. The summed E-state index contributed by atoms with van der Waals surface area (Å²) in [6.45, 7) is 4.86. The van der Waals surface area contributed by atoms with Gasteiger partial charge in [0.15, 0.2) is 0 Å². The van der Waals surface area contributed by atoms with Crippen LogP contribution >= 0.6 is 23.4 Å². The molecular weight excluding hydrogens is 218 g/mol. The highest BCUT2D eigenvalue weighted by Crippen LogP contribution is 2.03. The Kier molecular flexibility index (Phi) is 10.5. The number of methoxy groups -OCH3 is 1. The van der Waals surface area contributed by atoms with Gasteiger partial charge in [-0.3, -0.25) is 0 Å². The zero-order valence-electron chi connectivity index (χ0n) is 9.46. The average molecular weight is 240 g/mol. The Morgan fingerprint density at radius 3 is 2.79 bits per heavy atom. The van der Waals surface area contributed by atoms with E-state index in [1.807, 2.05) is 11.8 Å². The van der Waals surface area contributed by atoms with E-state index < -0.39 is 0 Å². The molecular formula is C10H22ClNOS. The van der Waals surface area contributed by atoms with Gasteiger partial charge in [-0.05, 0) is 31.5 Å². The van der Waals surface area contributed by atoms with E-state index in [0.717, 1.165) is 13.1 Å². The molecule has 0 radical (unpaired) electrons. The van der Waals surface area contributed by atoms with Crippen LogP contribution in [0.15, 0.2) is 0 Å². The van der Waals surface area contributed by atoms with Crippen LogP contribution in [-0.4, -0.2) is 55.6 Å². The fourth-order valence-corrected chi connectivity index (χ4v) is 2.23. The molecule has 0 aliphatic heterocycles. The summed E-state index contributed by atoms with van der Waals surface area (Å²) in [5.41, 5.74) is 0. The number of ether oxygens (including phenoxy) is 1. The Balaban J connectivity index is 3.30. The highest BCUT2D eigenvalue weighted by molar-refractivity contribution is 7.99. The molecule has 0 aromatic carbocycles. The van der Waals surface area contributed by atoms with Crippen LogP contribution in [0.5, 0.6) is 0 Å². The summed E-state index contributed by atoms with van der Waals surface area (Å²) in [5, 5.41) is 0.115. The Hall–Kier alpha value is 0.560. The molecule has 0 rings (SSSR count). The van der Waals surface area contributed by atoms with Crippen molar-refractivity contribution in [2.75, 3.05) is 45.4 Å². The van der Waals surface area contributed by atoms with Crippen LogP contribution in [0.1, 0.15) is 13.3 Å². The third-order valence-electron chi connectivity index (χ3n) is 1.89. The predicted octanol–water partition coefficient (Wildman–Crippen LogP) is 2.32. The van der Waals surface area contributed by atoms with Crippen molar-refractivity contribution in [2.24, 2.45) is 0 Å². The van der Waals surface area contributed by atoms with E-state index in [1.165, 1.54) is 17.9 Å². The monoisotopic (exact) mass is 239 g/mol. The molecule has 0 aromatic rings. The molecule has 1 unspecified atom stereocenters. The van der Waals surface area contributed by atoms with Gasteiger partial charge in [-0.15, -0.1) is 11.6 Å². The molecule has 0 bridgehead atoms. The second-order valence-corrected chi connectivity index (χ2v) is 5.38. The number of hydrogen-bond acceptors (Lipinski definition) is 3. The first-order chi connectivity index (χ1) is 6.70. The third kappa shape index (κ3) is 9.13. The van der Waals surface area contributed by atoms with E-state index in [0.29, 0.717) is 6.61 Å². The molecule has 2 nitrogen and oxygen atoms in total. The van der Waals surface area contributed by atoms with E-state index in [-0.39, 0.29) is 5.38 Å². The fraction of sp³-hybridized carbons (Fsp3) is 1.00. The van der Waals surface area contributed by atoms with Crippen molar-refractivity contribution in [3.63, 3.8) is 0 Å². The van der Waals surface area contributed by atoms with Gasteiger partial charge in [0.2, 0.25) is 0 Å². The van der Waals surface area contributed by atoms with E-state index in [1.54, 1.807) is 7.11 Å². The normalized spacial score (nSPS) is 13.5. The van der Waals surface area contributed by atoms with Gasteiger partial charge in [0.25, 0.3) is 0 Å². The summed E-state index contributed by atoms with van der Waals surface area (Å²) in [6.07, 6.45) is 1.24. The number of thioether (sulfide) groups is 1. The molecule has 0 amide bonds. The highest BCUT2D eigenvalue weighted by atomic mass is 35.5. The molecule has 0 saturated heterocycles.